The van der Waals surface area contributed by atoms with Crippen molar-refractivity contribution in [3.8, 4) is 17.6 Å². The fraction of sp³-hybridized carbons (Fsp3) is 0.381. The van der Waals surface area contributed by atoms with Crippen molar-refractivity contribution in [3.63, 3.8) is 0 Å². The Hall–Kier alpha value is -3.87. The van der Waals surface area contributed by atoms with E-state index in [1.807, 2.05) is 0 Å². The summed E-state index contributed by atoms with van der Waals surface area (Å²) in [6.07, 6.45) is 3.88. The number of benzene rings is 1. The molecule has 1 aromatic carbocycles. The lowest BCUT2D eigenvalue weighted by Gasteiger charge is -2.31. The predicted molar refractivity (Wildman–Crippen MR) is 116 cm³/mol. The first-order valence-corrected chi connectivity index (χ1v) is 9.98. The lowest BCUT2D eigenvalue weighted by atomic mass is 9.94. The topological polar surface area (TPSA) is 129 Å². The summed E-state index contributed by atoms with van der Waals surface area (Å²) in [6, 6.07) is 7.59. The first-order valence-electron chi connectivity index (χ1n) is 9.98. The van der Waals surface area contributed by atoms with Gasteiger partial charge in [-0.05, 0) is 18.8 Å². The highest BCUT2D eigenvalue weighted by atomic mass is 16.5. The van der Waals surface area contributed by atoms with Crippen molar-refractivity contribution in [2.75, 3.05) is 37.5 Å². The van der Waals surface area contributed by atoms with Crippen molar-refractivity contribution in [2.24, 2.45) is 5.92 Å². The second-order valence-electron chi connectivity index (χ2n) is 7.35. The van der Waals surface area contributed by atoms with Crippen molar-refractivity contribution < 1.29 is 9.47 Å². The van der Waals surface area contributed by atoms with Gasteiger partial charge in [-0.1, -0.05) is 0 Å². The minimum Gasteiger partial charge on any atom is -0.497 e. The molecule has 1 fully saturated rings. The monoisotopic (exact) mass is 421 g/mol. The van der Waals surface area contributed by atoms with Gasteiger partial charge in [0.25, 0.3) is 5.56 Å². The summed E-state index contributed by atoms with van der Waals surface area (Å²) < 4.78 is 10.7. The first kappa shape index (κ1) is 20.4. The van der Waals surface area contributed by atoms with Crippen LogP contribution in [0.3, 0.4) is 0 Å². The maximum atomic E-state index is 12.5. The van der Waals surface area contributed by atoms with Gasteiger partial charge in [-0.15, -0.1) is 0 Å². The van der Waals surface area contributed by atoms with Crippen LogP contribution in [0.15, 0.2) is 29.2 Å². The normalized spacial score (nSPS) is 14.3. The molecule has 1 aliphatic rings. The molecule has 0 atom stereocenters. The van der Waals surface area contributed by atoms with E-state index < -0.39 is 0 Å². The maximum absolute atomic E-state index is 12.5. The number of H-pyrrole nitrogens is 1. The standard InChI is InChI=1S/C21H23N7O3/c1-30-15-9-14(10-16(11-15)31-2)24-19-18-17(12-23-27-20(18)29)25-21(26-19)28-7-4-13(3-6-22)5-8-28/h9-13H,3-5,7-8H2,1-2H3,(H,27,29)(H,24,25,26). The molecule has 1 saturated heterocycles. The second-order valence-corrected chi connectivity index (χ2v) is 7.35. The van der Waals surface area contributed by atoms with Gasteiger partial charge in [0.15, 0.2) is 0 Å². The molecule has 0 saturated carbocycles. The highest BCUT2D eigenvalue weighted by molar-refractivity contribution is 5.90. The third kappa shape index (κ3) is 4.35. The van der Waals surface area contributed by atoms with Gasteiger partial charge in [-0.2, -0.15) is 15.3 Å². The van der Waals surface area contributed by atoms with E-state index in [4.69, 9.17) is 14.7 Å². The van der Waals surface area contributed by atoms with Crippen LogP contribution in [0.1, 0.15) is 19.3 Å². The van der Waals surface area contributed by atoms with Crippen LogP contribution in [-0.2, 0) is 0 Å². The lowest BCUT2D eigenvalue weighted by molar-refractivity contribution is 0.395. The van der Waals surface area contributed by atoms with Crippen molar-refractivity contribution in [1.82, 2.24) is 20.2 Å². The van der Waals surface area contributed by atoms with Gasteiger partial charge >= 0.3 is 0 Å². The number of hydrogen-bond acceptors (Lipinski definition) is 9. The summed E-state index contributed by atoms with van der Waals surface area (Å²) in [6.45, 7) is 1.50. The van der Waals surface area contributed by atoms with Crippen LogP contribution in [0.25, 0.3) is 10.9 Å². The zero-order valence-electron chi connectivity index (χ0n) is 17.4. The summed E-state index contributed by atoms with van der Waals surface area (Å²) in [5.41, 5.74) is 0.727. The molecule has 2 aromatic heterocycles. The lowest BCUT2D eigenvalue weighted by Crippen LogP contribution is -2.35. The fourth-order valence-electron chi connectivity index (χ4n) is 3.71. The summed E-state index contributed by atoms with van der Waals surface area (Å²) >= 11 is 0. The molecule has 0 bridgehead atoms. The summed E-state index contributed by atoms with van der Waals surface area (Å²) in [7, 11) is 3.14. The first-order chi connectivity index (χ1) is 15.1. The number of aromatic amines is 1. The Morgan fingerprint density at radius 3 is 2.55 bits per heavy atom. The SMILES string of the molecule is COc1cc(Nc2nc(N3CCC(CC#N)CC3)nc3cn[nH]c(=O)c23)cc(OC)c1. The largest absolute Gasteiger partial charge is 0.497 e. The van der Waals surface area contributed by atoms with Crippen LogP contribution in [0.5, 0.6) is 11.5 Å². The van der Waals surface area contributed by atoms with Crippen molar-refractivity contribution in [1.29, 1.82) is 5.26 Å². The van der Waals surface area contributed by atoms with Crippen LogP contribution >= 0.6 is 0 Å². The summed E-state index contributed by atoms with van der Waals surface area (Å²) in [5, 5.41) is 18.8. The Bertz CT molecular complexity index is 1160. The zero-order chi connectivity index (χ0) is 21.8. The van der Waals surface area contributed by atoms with Gasteiger partial charge in [0.05, 0.1) is 26.5 Å². The molecular weight excluding hydrogens is 398 g/mol. The Kier molecular flexibility index (Phi) is 5.84. The number of anilines is 3. The smallest absolute Gasteiger partial charge is 0.277 e. The number of piperidine rings is 1. The van der Waals surface area contributed by atoms with Crippen LogP contribution < -0.4 is 25.2 Å². The molecule has 4 rings (SSSR count). The molecule has 0 amide bonds. The Balaban J connectivity index is 1.73. The number of hydrogen-bond donors (Lipinski definition) is 2. The minimum atomic E-state index is -0.380. The average Bonchev–Trinajstić information content (AvgIpc) is 2.79. The van der Waals surface area contributed by atoms with Gasteiger partial charge < -0.3 is 19.7 Å². The summed E-state index contributed by atoms with van der Waals surface area (Å²) in [5.74, 6) is 2.50. The number of rotatable bonds is 6. The molecule has 0 aliphatic carbocycles. The molecule has 3 aromatic rings. The third-order valence-corrected chi connectivity index (χ3v) is 5.40. The molecule has 1 aliphatic heterocycles. The van der Waals surface area contributed by atoms with Crippen LogP contribution in [0.4, 0.5) is 17.5 Å². The van der Waals surface area contributed by atoms with Gasteiger partial charge in [-0.3, -0.25) is 4.79 Å². The second kappa shape index (κ2) is 8.87. The van der Waals surface area contributed by atoms with Crippen molar-refractivity contribution >= 4 is 28.4 Å². The van der Waals surface area contributed by atoms with E-state index in [0.717, 1.165) is 25.9 Å². The average molecular weight is 421 g/mol. The highest BCUT2D eigenvalue weighted by Gasteiger charge is 2.23. The third-order valence-electron chi connectivity index (χ3n) is 5.40. The predicted octanol–water partition coefficient (Wildman–Crippen LogP) is 2.60. The van der Waals surface area contributed by atoms with E-state index in [1.54, 1.807) is 32.4 Å². The molecule has 0 unspecified atom stereocenters. The Morgan fingerprint density at radius 1 is 1.19 bits per heavy atom. The molecule has 10 heteroatoms. The highest BCUT2D eigenvalue weighted by Crippen LogP contribution is 2.31. The summed E-state index contributed by atoms with van der Waals surface area (Å²) in [4.78, 5) is 23.8. The van der Waals surface area contributed by atoms with Crippen LogP contribution in [0.2, 0.25) is 0 Å². The van der Waals surface area contributed by atoms with Crippen LogP contribution in [0, 0.1) is 17.2 Å². The zero-order valence-corrected chi connectivity index (χ0v) is 17.4. The molecular formula is C21H23N7O3. The van der Waals surface area contributed by atoms with E-state index in [2.05, 4.69) is 36.5 Å². The van der Waals surface area contributed by atoms with Gasteiger partial charge in [0.1, 0.15) is 28.2 Å². The van der Waals surface area contributed by atoms with E-state index in [9.17, 15) is 4.79 Å². The number of aromatic nitrogens is 4. The number of methoxy groups -OCH3 is 2. The molecule has 2 N–H and O–H groups in total. The number of ether oxygens (including phenoxy) is 2. The number of nitrogens with zero attached hydrogens (tertiary/aromatic N) is 5. The van der Waals surface area contributed by atoms with Gasteiger partial charge in [-0.25, -0.2) is 10.1 Å². The van der Waals surface area contributed by atoms with E-state index in [0.29, 0.717) is 52.2 Å². The van der Waals surface area contributed by atoms with E-state index in [1.165, 1.54) is 6.20 Å². The molecule has 160 valence electrons. The number of nitrogens with one attached hydrogen (secondary N) is 2. The van der Waals surface area contributed by atoms with Crippen molar-refractivity contribution in [2.45, 2.75) is 19.3 Å². The maximum Gasteiger partial charge on any atom is 0.277 e. The fourth-order valence-corrected chi connectivity index (χ4v) is 3.71. The molecule has 10 nitrogen and oxygen atoms in total. The molecule has 0 spiro atoms. The molecule has 0 radical (unpaired) electrons. The Morgan fingerprint density at radius 2 is 1.90 bits per heavy atom. The van der Waals surface area contributed by atoms with Crippen LogP contribution in [-0.4, -0.2) is 47.5 Å². The molecule has 31 heavy (non-hydrogen) atoms. The van der Waals surface area contributed by atoms with Crippen molar-refractivity contribution in [3.05, 3.63) is 34.7 Å². The Labute approximate surface area is 178 Å². The quantitative estimate of drug-likeness (QED) is 0.617. The number of nitriles is 1. The molecule has 3 heterocycles. The van der Waals surface area contributed by atoms with E-state index >= 15 is 0 Å². The van der Waals surface area contributed by atoms with Gasteiger partial charge in [0.2, 0.25) is 5.95 Å². The van der Waals surface area contributed by atoms with Gasteiger partial charge in [0, 0.05) is 43.4 Å². The van der Waals surface area contributed by atoms with E-state index in [-0.39, 0.29) is 5.56 Å². The number of fused-ring (bicyclic) bond motifs is 1. The minimum absolute atomic E-state index is 0.319.